The van der Waals surface area contributed by atoms with E-state index in [4.69, 9.17) is 0 Å². The summed E-state index contributed by atoms with van der Waals surface area (Å²) in [5, 5.41) is 15.0. The van der Waals surface area contributed by atoms with Crippen molar-refractivity contribution in [3.05, 3.63) is 29.8 Å². The number of nitrogens with one attached hydrogen (secondary N) is 1. The maximum absolute atomic E-state index is 12.7. The summed E-state index contributed by atoms with van der Waals surface area (Å²) in [6.07, 6.45) is 1.13. The van der Waals surface area contributed by atoms with Crippen molar-refractivity contribution in [3.8, 4) is 0 Å². The lowest BCUT2D eigenvalue weighted by Gasteiger charge is -2.13. The molecule has 1 saturated heterocycles. The lowest BCUT2D eigenvalue weighted by molar-refractivity contribution is -0.114. The quantitative estimate of drug-likeness (QED) is 0.572. The van der Waals surface area contributed by atoms with E-state index in [0.29, 0.717) is 22.3 Å². The summed E-state index contributed by atoms with van der Waals surface area (Å²) >= 11 is 1.37. The normalized spacial score (nSPS) is 18.4. The number of ketones is 1. The molecular formula is C18H24N6O2S. The van der Waals surface area contributed by atoms with Gasteiger partial charge in [0.15, 0.2) is 5.78 Å². The Hall–Kier alpha value is -2.26. The van der Waals surface area contributed by atoms with Gasteiger partial charge in [-0.15, -0.1) is 5.10 Å². The Morgan fingerprint density at radius 2 is 2.07 bits per heavy atom. The Labute approximate surface area is 162 Å². The number of amides is 1. The van der Waals surface area contributed by atoms with Gasteiger partial charge in [-0.3, -0.25) is 9.59 Å². The van der Waals surface area contributed by atoms with Crippen molar-refractivity contribution in [3.63, 3.8) is 0 Å². The number of rotatable bonds is 7. The van der Waals surface area contributed by atoms with Crippen LogP contribution in [0.3, 0.4) is 0 Å². The van der Waals surface area contributed by atoms with Crippen LogP contribution in [0.25, 0.3) is 0 Å². The van der Waals surface area contributed by atoms with Gasteiger partial charge >= 0.3 is 0 Å². The number of nitrogens with zero attached hydrogens (tertiary/aromatic N) is 5. The number of hydrogen-bond donors (Lipinski definition) is 1. The maximum Gasteiger partial charge on any atom is 0.221 e. The number of benzene rings is 1. The maximum atomic E-state index is 12.7. The van der Waals surface area contributed by atoms with E-state index in [9.17, 15) is 9.59 Å². The lowest BCUT2D eigenvalue weighted by atomic mass is 10.1. The Kier molecular flexibility index (Phi) is 6.22. The number of Topliss-reactive ketones (excluding diaryl/α,β-unsaturated/α-hetero) is 1. The van der Waals surface area contributed by atoms with Crippen LogP contribution in [0.5, 0.6) is 0 Å². The molecule has 3 rings (SSSR count). The first-order valence-corrected chi connectivity index (χ1v) is 9.83. The summed E-state index contributed by atoms with van der Waals surface area (Å²) in [5.41, 5.74) is 1.27. The zero-order valence-electron chi connectivity index (χ0n) is 15.8. The van der Waals surface area contributed by atoms with Gasteiger partial charge in [-0.1, -0.05) is 11.8 Å². The molecular weight excluding hydrogens is 364 g/mol. The SMILES string of the molecule is CC(=O)Nc1ccc(C(=O)C(C)Sc2nnnn2CC2CCN(C)C2)cc1. The molecule has 2 unspecified atom stereocenters. The predicted molar refractivity (Wildman–Crippen MR) is 104 cm³/mol. The Morgan fingerprint density at radius 3 is 2.70 bits per heavy atom. The highest BCUT2D eigenvalue weighted by atomic mass is 32.2. The van der Waals surface area contributed by atoms with Crippen LogP contribution in [0.1, 0.15) is 30.6 Å². The van der Waals surface area contributed by atoms with Crippen LogP contribution in [-0.4, -0.2) is 62.2 Å². The molecule has 0 radical (unpaired) electrons. The third-order valence-electron chi connectivity index (χ3n) is 4.56. The molecule has 1 aromatic heterocycles. The highest BCUT2D eigenvalue weighted by Crippen LogP contribution is 2.25. The lowest BCUT2D eigenvalue weighted by Crippen LogP contribution is -2.19. The molecule has 27 heavy (non-hydrogen) atoms. The number of aromatic nitrogens is 4. The number of tetrazole rings is 1. The van der Waals surface area contributed by atoms with Gasteiger partial charge in [0.25, 0.3) is 0 Å². The van der Waals surface area contributed by atoms with Gasteiger partial charge in [0.2, 0.25) is 11.1 Å². The second-order valence-electron chi connectivity index (χ2n) is 6.94. The van der Waals surface area contributed by atoms with Crippen LogP contribution in [-0.2, 0) is 11.3 Å². The fourth-order valence-corrected chi connectivity index (χ4v) is 4.06. The van der Waals surface area contributed by atoms with Crippen molar-refractivity contribution >= 4 is 29.1 Å². The monoisotopic (exact) mass is 388 g/mol. The average Bonchev–Trinajstić information content (AvgIpc) is 3.24. The van der Waals surface area contributed by atoms with E-state index >= 15 is 0 Å². The smallest absolute Gasteiger partial charge is 0.221 e. The molecule has 0 bridgehead atoms. The van der Waals surface area contributed by atoms with Crippen LogP contribution in [0.4, 0.5) is 5.69 Å². The largest absolute Gasteiger partial charge is 0.326 e. The van der Waals surface area contributed by atoms with E-state index in [2.05, 4.69) is 32.8 Å². The number of likely N-dealkylation sites (tertiary alicyclic amines) is 1. The summed E-state index contributed by atoms with van der Waals surface area (Å²) in [6.45, 7) is 6.21. The Balaban J connectivity index is 1.61. The van der Waals surface area contributed by atoms with Gasteiger partial charge in [-0.25, -0.2) is 4.68 Å². The summed E-state index contributed by atoms with van der Waals surface area (Å²) in [4.78, 5) is 26.1. The molecule has 144 valence electrons. The topological polar surface area (TPSA) is 93.0 Å². The van der Waals surface area contributed by atoms with Crippen molar-refractivity contribution in [1.82, 2.24) is 25.1 Å². The van der Waals surface area contributed by atoms with Gasteiger partial charge in [0.05, 0.1) is 5.25 Å². The van der Waals surface area contributed by atoms with Gasteiger partial charge in [0, 0.05) is 31.3 Å². The Morgan fingerprint density at radius 1 is 1.33 bits per heavy atom. The number of hydrogen-bond acceptors (Lipinski definition) is 7. The number of thioether (sulfide) groups is 1. The van der Waals surface area contributed by atoms with Gasteiger partial charge in [-0.2, -0.15) is 0 Å². The molecule has 1 aromatic carbocycles. The van der Waals surface area contributed by atoms with E-state index in [-0.39, 0.29) is 16.9 Å². The molecule has 0 saturated carbocycles. The fraction of sp³-hybridized carbons (Fsp3) is 0.500. The number of carbonyl (C=O) groups is 2. The number of carbonyl (C=O) groups excluding carboxylic acids is 2. The Bertz CT molecular complexity index is 806. The van der Waals surface area contributed by atoms with Crippen molar-refractivity contribution in [2.45, 2.75) is 37.2 Å². The molecule has 1 fully saturated rings. The van der Waals surface area contributed by atoms with Crippen LogP contribution >= 0.6 is 11.8 Å². The second kappa shape index (κ2) is 8.62. The van der Waals surface area contributed by atoms with Crippen LogP contribution < -0.4 is 5.32 Å². The molecule has 0 aliphatic carbocycles. The third kappa shape index (κ3) is 5.14. The average molecular weight is 388 g/mol. The third-order valence-corrected chi connectivity index (χ3v) is 5.63. The molecule has 2 heterocycles. The van der Waals surface area contributed by atoms with Crippen molar-refractivity contribution in [1.29, 1.82) is 0 Å². The fourth-order valence-electron chi connectivity index (χ4n) is 3.18. The summed E-state index contributed by atoms with van der Waals surface area (Å²) in [6, 6.07) is 6.91. The van der Waals surface area contributed by atoms with Gasteiger partial charge in [0.1, 0.15) is 0 Å². The van der Waals surface area contributed by atoms with Crippen molar-refractivity contribution in [2.24, 2.45) is 5.92 Å². The predicted octanol–water partition coefficient (Wildman–Crippen LogP) is 1.95. The summed E-state index contributed by atoms with van der Waals surface area (Å²) < 4.78 is 1.80. The zero-order valence-corrected chi connectivity index (χ0v) is 16.6. The first-order chi connectivity index (χ1) is 12.9. The molecule has 0 spiro atoms. The minimum Gasteiger partial charge on any atom is -0.326 e. The minimum atomic E-state index is -0.312. The zero-order chi connectivity index (χ0) is 19.4. The van der Waals surface area contributed by atoms with E-state index in [1.807, 2.05) is 6.92 Å². The number of anilines is 1. The molecule has 2 atom stereocenters. The molecule has 1 aliphatic rings. The highest BCUT2D eigenvalue weighted by Gasteiger charge is 2.24. The summed E-state index contributed by atoms with van der Waals surface area (Å²) in [7, 11) is 2.12. The van der Waals surface area contributed by atoms with E-state index in [1.165, 1.54) is 18.7 Å². The first kappa shape index (κ1) is 19.5. The molecule has 1 aliphatic heterocycles. The van der Waals surface area contributed by atoms with E-state index in [1.54, 1.807) is 28.9 Å². The first-order valence-electron chi connectivity index (χ1n) is 8.95. The van der Waals surface area contributed by atoms with E-state index in [0.717, 1.165) is 26.1 Å². The summed E-state index contributed by atoms with van der Waals surface area (Å²) in [5.74, 6) is 0.396. The van der Waals surface area contributed by atoms with Crippen LogP contribution in [0.2, 0.25) is 0 Å². The van der Waals surface area contributed by atoms with Crippen LogP contribution in [0, 0.1) is 5.92 Å². The van der Waals surface area contributed by atoms with Crippen molar-refractivity contribution < 1.29 is 9.59 Å². The molecule has 1 amide bonds. The molecule has 9 heteroatoms. The molecule has 1 N–H and O–H groups in total. The highest BCUT2D eigenvalue weighted by molar-refractivity contribution is 8.00. The van der Waals surface area contributed by atoms with Crippen molar-refractivity contribution in [2.75, 3.05) is 25.5 Å². The van der Waals surface area contributed by atoms with Gasteiger partial charge in [-0.05, 0) is 67.5 Å². The standard InChI is InChI=1S/C18H24N6O2S/c1-12(17(26)15-4-6-16(7-5-15)19-13(2)25)27-18-20-21-22-24(18)11-14-8-9-23(3)10-14/h4-7,12,14H,8-11H2,1-3H3,(H,19,25). The molecule has 2 aromatic rings. The second-order valence-corrected chi connectivity index (χ2v) is 8.25. The minimum absolute atomic E-state index is 0.00419. The van der Waals surface area contributed by atoms with Crippen LogP contribution in [0.15, 0.2) is 29.4 Å². The molecule has 8 nitrogen and oxygen atoms in total. The van der Waals surface area contributed by atoms with E-state index < -0.39 is 0 Å². The van der Waals surface area contributed by atoms with Gasteiger partial charge < -0.3 is 10.2 Å².